The lowest BCUT2D eigenvalue weighted by molar-refractivity contribution is -0.153. The Hall–Kier alpha value is -2.00. The average Bonchev–Trinajstić information content (AvgIpc) is 2.64. The number of rotatable bonds is 9. The highest BCUT2D eigenvalue weighted by molar-refractivity contribution is 5.77. The van der Waals surface area contributed by atoms with Gasteiger partial charge in [0, 0.05) is 19.1 Å². The highest BCUT2D eigenvalue weighted by atomic mass is 19.4. The molecule has 1 aromatic carbocycles. The SMILES string of the molecule is COCC1(CNC(=O)COc2ccccc2OCC(F)(F)F)CCNCC1. The van der Waals surface area contributed by atoms with Gasteiger partial charge in [-0.05, 0) is 38.1 Å². The predicted molar refractivity (Wildman–Crippen MR) is 92.9 cm³/mol. The van der Waals surface area contributed by atoms with Gasteiger partial charge in [0.2, 0.25) is 0 Å². The van der Waals surface area contributed by atoms with Gasteiger partial charge in [-0.2, -0.15) is 13.2 Å². The van der Waals surface area contributed by atoms with E-state index in [1.165, 1.54) is 18.2 Å². The molecule has 1 aliphatic rings. The van der Waals surface area contributed by atoms with Crippen molar-refractivity contribution in [2.75, 3.05) is 46.6 Å². The number of para-hydroxylation sites is 2. The molecule has 9 heteroatoms. The van der Waals surface area contributed by atoms with E-state index in [1.54, 1.807) is 13.2 Å². The fourth-order valence-corrected chi connectivity index (χ4v) is 2.96. The van der Waals surface area contributed by atoms with Crippen LogP contribution in [-0.2, 0) is 9.53 Å². The third kappa shape index (κ3) is 7.26. The lowest BCUT2D eigenvalue weighted by Gasteiger charge is -2.37. The van der Waals surface area contributed by atoms with Gasteiger partial charge in [0.05, 0.1) is 6.61 Å². The minimum Gasteiger partial charge on any atom is -0.480 e. The van der Waals surface area contributed by atoms with Crippen molar-refractivity contribution < 1.29 is 32.2 Å². The van der Waals surface area contributed by atoms with E-state index in [0.717, 1.165) is 25.9 Å². The van der Waals surface area contributed by atoms with Crippen molar-refractivity contribution in [1.82, 2.24) is 10.6 Å². The Morgan fingerprint density at radius 3 is 2.41 bits per heavy atom. The first-order chi connectivity index (χ1) is 12.8. The second kappa shape index (κ2) is 9.80. The van der Waals surface area contributed by atoms with E-state index in [-0.39, 0.29) is 29.4 Å². The quantitative estimate of drug-likeness (QED) is 0.676. The van der Waals surface area contributed by atoms with Crippen molar-refractivity contribution in [3.63, 3.8) is 0 Å². The number of benzene rings is 1. The maximum absolute atomic E-state index is 12.3. The third-order valence-corrected chi connectivity index (χ3v) is 4.37. The summed E-state index contributed by atoms with van der Waals surface area (Å²) in [6, 6.07) is 5.94. The lowest BCUT2D eigenvalue weighted by Crippen LogP contribution is -2.47. The number of carbonyl (C=O) groups is 1. The summed E-state index contributed by atoms with van der Waals surface area (Å²) in [7, 11) is 1.63. The van der Waals surface area contributed by atoms with E-state index in [2.05, 4.69) is 10.6 Å². The first kappa shape index (κ1) is 21.3. The van der Waals surface area contributed by atoms with Crippen LogP contribution in [0, 0.1) is 5.41 Å². The van der Waals surface area contributed by atoms with Crippen molar-refractivity contribution in [3.8, 4) is 11.5 Å². The van der Waals surface area contributed by atoms with Gasteiger partial charge in [-0.25, -0.2) is 0 Å². The Bertz CT molecular complexity index is 599. The number of piperidine rings is 1. The molecule has 1 heterocycles. The number of alkyl halides is 3. The lowest BCUT2D eigenvalue weighted by atomic mass is 9.79. The summed E-state index contributed by atoms with van der Waals surface area (Å²) in [6.07, 6.45) is -2.68. The van der Waals surface area contributed by atoms with E-state index in [0.29, 0.717) is 13.2 Å². The topological polar surface area (TPSA) is 68.8 Å². The molecule has 0 unspecified atom stereocenters. The van der Waals surface area contributed by atoms with Crippen LogP contribution in [-0.4, -0.2) is 58.6 Å². The van der Waals surface area contributed by atoms with Crippen molar-refractivity contribution in [2.24, 2.45) is 5.41 Å². The molecule has 0 radical (unpaired) electrons. The van der Waals surface area contributed by atoms with Crippen molar-refractivity contribution in [3.05, 3.63) is 24.3 Å². The average molecular weight is 390 g/mol. The molecular weight excluding hydrogens is 365 g/mol. The van der Waals surface area contributed by atoms with Crippen LogP contribution in [0.25, 0.3) is 0 Å². The van der Waals surface area contributed by atoms with Crippen LogP contribution in [0.2, 0.25) is 0 Å². The minimum atomic E-state index is -4.45. The van der Waals surface area contributed by atoms with Crippen LogP contribution < -0.4 is 20.1 Å². The molecule has 27 heavy (non-hydrogen) atoms. The summed E-state index contributed by atoms with van der Waals surface area (Å²) in [6.45, 7) is 0.987. The van der Waals surface area contributed by atoms with Gasteiger partial charge in [0.25, 0.3) is 5.91 Å². The Morgan fingerprint density at radius 2 is 1.81 bits per heavy atom. The van der Waals surface area contributed by atoms with Gasteiger partial charge in [-0.15, -0.1) is 0 Å². The fraction of sp³-hybridized carbons (Fsp3) is 0.611. The normalized spacial score (nSPS) is 16.6. The van der Waals surface area contributed by atoms with E-state index in [4.69, 9.17) is 14.2 Å². The zero-order valence-electron chi connectivity index (χ0n) is 15.2. The van der Waals surface area contributed by atoms with E-state index < -0.39 is 12.8 Å². The summed E-state index contributed by atoms with van der Waals surface area (Å²) in [4.78, 5) is 12.1. The second-order valence-electron chi connectivity index (χ2n) is 6.60. The molecule has 1 fully saturated rings. The zero-order valence-corrected chi connectivity index (χ0v) is 15.2. The van der Waals surface area contributed by atoms with Gasteiger partial charge in [-0.1, -0.05) is 12.1 Å². The number of halogens is 3. The van der Waals surface area contributed by atoms with Crippen molar-refractivity contribution in [2.45, 2.75) is 19.0 Å². The molecule has 0 saturated carbocycles. The molecule has 1 amide bonds. The Balaban J connectivity index is 1.84. The van der Waals surface area contributed by atoms with Crippen molar-refractivity contribution in [1.29, 1.82) is 0 Å². The summed E-state index contributed by atoms with van der Waals surface area (Å²) in [5, 5.41) is 6.11. The maximum Gasteiger partial charge on any atom is 0.422 e. The number of carbonyl (C=O) groups excluding carboxylic acids is 1. The van der Waals surface area contributed by atoms with Crippen LogP contribution in [0.4, 0.5) is 13.2 Å². The minimum absolute atomic E-state index is 0.0585. The number of amides is 1. The molecule has 0 bridgehead atoms. The summed E-state index contributed by atoms with van der Waals surface area (Å²) in [5.41, 5.74) is -0.122. The van der Waals surface area contributed by atoms with E-state index >= 15 is 0 Å². The molecule has 6 nitrogen and oxygen atoms in total. The van der Waals surface area contributed by atoms with Crippen LogP contribution >= 0.6 is 0 Å². The first-order valence-corrected chi connectivity index (χ1v) is 8.71. The molecule has 0 atom stereocenters. The van der Waals surface area contributed by atoms with Gasteiger partial charge >= 0.3 is 6.18 Å². The summed E-state index contributed by atoms with van der Waals surface area (Å²) in [5.74, 6) is -0.322. The van der Waals surface area contributed by atoms with E-state index in [9.17, 15) is 18.0 Å². The number of methoxy groups -OCH3 is 1. The molecule has 1 saturated heterocycles. The molecule has 2 rings (SSSR count). The molecule has 1 aromatic rings. The summed E-state index contributed by atoms with van der Waals surface area (Å²) >= 11 is 0. The smallest absolute Gasteiger partial charge is 0.422 e. The Labute approximate surface area is 156 Å². The van der Waals surface area contributed by atoms with E-state index in [1.807, 2.05) is 0 Å². The second-order valence-corrected chi connectivity index (χ2v) is 6.60. The Kier molecular flexibility index (Phi) is 7.73. The van der Waals surface area contributed by atoms with Gasteiger partial charge < -0.3 is 24.8 Å². The molecule has 152 valence electrons. The maximum atomic E-state index is 12.3. The number of nitrogens with one attached hydrogen (secondary N) is 2. The van der Waals surface area contributed by atoms with Crippen LogP contribution in [0.5, 0.6) is 11.5 Å². The van der Waals surface area contributed by atoms with Crippen LogP contribution in [0.15, 0.2) is 24.3 Å². The van der Waals surface area contributed by atoms with Crippen LogP contribution in [0.1, 0.15) is 12.8 Å². The standard InChI is InChI=1S/C18H25F3N2O4/c1-25-12-17(6-8-22-9-7-17)11-23-16(24)10-26-14-4-2-3-5-15(14)27-13-18(19,20)21/h2-5,22H,6-13H2,1H3,(H,23,24). The predicted octanol–water partition coefficient (Wildman–Crippen LogP) is 2.14. The largest absolute Gasteiger partial charge is 0.480 e. The molecule has 0 aromatic heterocycles. The molecule has 1 aliphatic heterocycles. The highest BCUT2D eigenvalue weighted by Gasteiger charge is 2.32. The van der Waals surface area contributed by atoms with Crippen LogP contribution in [0.3, 0.4) is 0 Å². The summed E-state index contributed by atoms with van der Waals surface area (Å²) < 4.78 is 52.3. The zero-order chi connectivity index (χ0) is 19.8. The van der Waals surface area contributed by atoms with Crippen molar-refractivity contribution >= 4 is 5.91 Å². The van der Waals surface area contributed by atoms with Gasteiger partial charge in [0.1, 0.15) is 0 Å². The monoisotopic (exact) mass is 390 g/mol. The van der Waals surface area contributed by atoms with Gasteiger partial charge in [0.15, 0.2) is 24.7 Å². The van der Waals surface area contributed by atoms with Gasteiger partial charge in [-0.3, -0.25) is 4.79 Å². The highest BCUT2D eigenvalue weighted by Crippen LogP contribution is 2.29. The molecule has 0 spiro atoms. The number of hydrogen-bond donors (Lipinski definition) is 2. The number of ether oxygens (including phenoxy) is 3. The fourth-order valence-electron chi connectivity index (χ4n) is 2.96. The molecule has 0 aliphatic carbocycles. The number of hydrogen-bond acceptors (Lipinski definition) is 5. The first-order valence-electron chi connectivity index (χ1n) is 8.71. The Morgan fingerprint density at radius 1 is 1.19 bits per heavy atom. The molecule has 2 N–H and O–H groups in total. The third-order valence-electron chi connectivity index (χ3n) is 4.37. The molecular formula is C18H25F3N2O4.